The van der Waals surface area contributed by atoms with Crippen molar-refractivity contribution in [3.05, 3.63) is 28.8 Å². The smallest absolute Gasteiger partial charge is 0.125 e. The maximum Gasteiger partial charge on any atom is 0.125 e. The summed E-state index contributed by atoms with van der Waals surface area (Å²) in [4.78, 5) is 0. The molecule has 3 N–H and O–H groups in total. The molecule has 1 aromatic rings. The molecular weight excluding hydrogens is 190 g/mol. The van der Waals surface area contributed by atoms with E-state index in [0.717, 1.165) is 16.9 Å². The summed E-state index contributed by atoms with van der Waals surface area (Å²) in [6.45, 7) is 6.38. The summed E-state index contributed by atoms with van der Waals surface area (Å²) < 4.78 is 5.62. The van der Waals surface area contributed by atoms with Gasteiger partial charge in [-0.25, -0.2) is 0 Å². The minimum atomic E-state index is -0.315. The summed E-state index contributed by atoms with van der Waals surface area (Å²) in [5.74, 6) is 0.888. The minimum absolute atomic E-state index is 0.0517. The Morgan fingerprint density at radius 1 is 1.27 bits per heavy atom. The molecule has 0 aromatic heterocycles. The summed E-state index contributed by atoms with van der Waals surface area (Å²) in [6, 6.07) is 3.79. The Hall–Kier alpha value is -1.06. The van der Waals surface area contributed by atoms with Gasteiger partial charge < -0.3 is 15.6 Å². The Morgan fingerprint density at radius 3 is 2.47 bits per heavy atom. The standard InChI is InChI=1S/C12H19NO2/c1-8-4-5-9(2)12(10(8)3)15-7-11(13)6-14/h4-5,11,14H,6-7,13H2,1-3H3. The Morgan fingerprint density at radius 2 is 1.87 bits per heavy atom. The molecule has 15 heavy (non-hydrogen) atoms. The molecule has 84 valence electrons. The van der Waals surface area contributed by atoms with Crippen molar-refractivity contribution in [1.82, 2.24) is 0 Å². The van der Waals surface area contributed by atoms with E-state index >= 15 is 0 Å². The highest BCUT2D eigenvalue weighted by Gasteiger charge is 2.08. The lowest BCUT2D eigenvalue weighted by atomic mass is 10.1. The van der Waals surface area contributed by atoms with Gasteiger partial charge in [-0.15, -0.1) is 0 Å². The highest BCUT2D eigenvalue weighted by Crippen LogP contribution is 2.25. The number of aliphatic hydroxyl groups is 1. The summed E-state index contributed by atoms with van der Waals surface area (Å²) in [5.41, 5.74) is 9.03. The third kappa shape index (κ3) is 2.94. The monoisotopic (exact) mass is 209 g/mol. The Balaban J connectivity index is 2.80. The first-order valence-corrected chi connectivity index (χ1v) is 5.12. The molecule has 0 aliphatic carbocycles. The van der Waals surface area contributed by atoms with Gasteiger partial charge in [-0.2, -0.15) is 0 Å². The highest BCUT2D eigenvalue weighted by atomic mass is 16.5. The van der Waals surface area contributed by atoms with Gasteiger partial charge in [0, 0.05) is 0 Å². The van der Waals surface area contributed by atoms with Crippen LogP contribution in [0.15, 0.2) is 12.1 Å². The van der Waals surface area contributed by atoms with Gasteiger partial charge in [0.25, 0.3) is 0 Å². The van der Waals surface area contributed by atoms with E-state index in [0.29, 0.717) is 6.61 Å². The molecule has 0 heterocycles. The van der Waals surface area contributed by atoms with Crippen LogP contribution in [0.25, 0.3) is 0 Å². The number of hydrogen-bond acceptors (Lipinski definition) is 3. The number of aliphatic hydroxyl groups excluding tert-OH is 1. The van der Waals surface area contributed by atoms with E-state index < -0.39 is 0 Å². The molecular formula is C12H19NO2. The molecule has 0 amide bonds. The molecule has 0 aliphatic heterocycles. The van der Waals surface area contributed by atoms with Gasteiger partial charge >= 0.3 is 0 Å². The summed E-state index contributed by atoms with van der Waals surface area (Å²) in [6.07, 6.45) is 0. The van der Waals surface area contributed by atoms with Crippen LogP contribution in [0.2, 0.25) is 0 Å². The van der Waals surface area contributed by atoms with E-state index in [1.165, 1.54) is 5.56 Å². The van der Waals surface area contributed by atoms with Gasteiger partial charge in [0.15, 0.2) is 0 Å². The molecule has 0 fully saturated rings. The number of benzene rings is 1. The average molecular weight is 209 g/mol. The molecule has 3 heteroatoms. The van der Waals surface area contributed by atoms with Crippen LogP contribution in [0.1, 0.15) is 16.7 Å². The molecule has 0 aliphatic rings. The first-order valence-electron chi connectivity index (χ1n) is 5.12. The van der Waals surface area contributed by atoms with Crippen molar-refractivity contribution in [3.8, 4) is 5.75 Å². The number of rotatable bonds is 4. The molecule has 1 rings (SSSR count). The van der Waals surface area contributed by atoms with Gasteiger partial charge in [0.2, 0.25) is 0 Å². The summed E-state index contributed by atoms with van der Waals surface area (Å²) >= 11 is 0. The van der Waals surface area contributed by atoms with Crippen molar-refractivity contribution in [2.24, 2.45) is 5.73 Å². The first-order chi connectivity index (χ1) is 7.06. The summed E-state index contributed by atoms with van der Waals surface area (Å²) in [5, 5.41) is 8.80. The molecule has 3 nitrogen and oxygen atoms in total. The second kappa shape index (κ2) is 5.14. The van der Waals surface area contributed by atoms with Gasteiger partial charge in [-0.3, -0.25) is 0 Å². The zero-order chi connectivity index (χ0) is 11.4. The third-order valence-corrected chi connectivity index (χ3v) is 2.55. The van der Waals surface area contributed by atoms with E-state index in [9.17, 15) is 0 Å². The van der Waals surface area contributed by atoms with Crippen molar-refractivity contribution < 1.29 is 9.84 Å². The second-order valence-corrected chi connectivity index (χ2v) is 3.91. The quantitative estimate of drug-likeness (QED) is 0.786. The fraction of sp³-hybridized carbons (Fsp3) is 0.500. The van der Waals surface area contributed by atoms with E-state index in [4.69, 9.17) is 15.6 Å². The van der Waals surface area contributed by atoms with Gasteiger partial charge in [0.1, 0.15) is 12.4 Å². The largest absolute Gasteiger partial charge is 0.491 e. The van der Waals surface area contributed by atoms with Gasteiger partial charge in [-0.05, 0) is 37.5 Å². The summed E-state index contributed by atoms with van der Waals surface area (Å²) in [7, 11) is 0. The van der Waals surface area contributed by atoms with E-state index in [-0.39, 0.29) is 12.6 Å². The maximum atomic E-state index is 8.80. The van der Waals surface area contributed by atoms with Crippen LogP contribution in [0.5, 0.6) is 5.75 Å². The van der Waals surface area contributed by atoms with Crippen LogP contribution in [0.3, 0.4) is 0 Å². The number of aryl methyl sites for hydroxylation is 2. The Labute approximate surface area is 90.9 Å². The van der Waals surface area contributed by atoms with Crippen molar-refractivity contribution in [2.75, 3.05) is 13.2 Å². The number of ether oxygens (including phenoxy) is 1. The van der Waals surface area contributed by atoms with Crippen LogP contribution >= 0.6 is 0 Å². The predicted octanol–water partition coefficient (Wildman–Crippen LogP) is 1.31. The number of hydrogen-bond donors (Lipinski definition) is 2. The van der Waals surface area contributed by atoms with E-state index in [2.05, 4.69) is 6.07 Å². The van der Waals surface area contributed by atoms with Crippen LogP contribution in [0.4, 0.5) is 0 Å². The molecule has 1 aromatic carbocycles. The topological polar surface area (TPSA) is 55.5 Å². The van der Waals surface area contributed by atoms with Crippen molar-refractivity contribution in [1.29, 1.82) is 0 Å². The normalized spacial score (nSPS) is 12.6. The van der Waals surface area contributed by atoms with Crippen LogP contribution in [0, 0.1) is 20.8 Å². The Kier molecular flexibility index (Phi) is 4.12. The number of nitrogens with two attached hydrogens (primary N) is 1. The van der Waals surface area contributed by atoms with Crippen molar-refractivity contribution in [3.63, 3.8) is 0 Å². The predicted molar refractivity (Wildman–Crippen MR) is 61.2 cm³/mol. The fourth-order valence-corrected chi connectivity index (χ4v) is 1.39. The fourth-order valence-electron chi connectivity index (χ4n) is 1.39. The van der Waals surface area contributed by atoms with Crippen LogP contribution < -0.4 is 10.5 Å². The molecule has 0 saturated carbocycles. The lowest BCUT2D eigenvalue weighted by Gasteiger charge is -2.16. The minimum Gasteiger partial charge on any atom is -0.491 e. The van der Waals surface area contributed by atoms with Crippen molar-refractivity contribution >= 4 is 0 Å². The van der Waals surface area contributed by atoms with Crippen LogP contribution in [-0.2, 0) is 0 Å². The van der Waals surface area contributed by atoms with E-state index in [1.807, 2.05) is 26.8 Å². The highest BCUT2D eigenvalue weighted by molar-refractivity contribution is 5.44. The lowest BCUT2D eigenvalue weighted by Crippen LogP contribution is -2.31. The molecule has 0 spiro atoms. The molecule has 0 radical (unpaired) electrons. The van der Waals surface area contributed by atoms with Gasteiger partial charge in [0.05, 0.1) is 12.6 Å². The molecule has 0 bridgehead atoms. The first kappa shape index (κ1) is 12.0. The third-order valence-electron chi connectivity index (χ3n) is 2.55. The molecule has 1 atom stereocenters. The maximum absolute atomic E-state index is 8.80. The van der Waals surface area contributed by atoms with Crippen LogP contribution in [-0.4, -0.2) is 24.4 Å². The second-order valence-electron chi connectivity index (χ2n) is 3.91. The van der Waals surface area contributed by atoms with E-state index in [1.54, 1.807) is 0 Å². The average Bonchev–Trinajstić information content (AvgIpc) is 2.23. The Bertz CT molecular complexity index is 337. The van der Waals surface area contributed by atoms with Crippen molar-refractivity contribution in [2.45, 2.75) is 26.8 Å². The van der Waals surface area contributed by atoms with Gasteiger partial charge in [-0.1, -0.05) is 12.1 Å². The molecule has 0 saturated heterocycles. The zero-order valence-electron chi connectivity index (χ0n) is 9.58. The zero-order valence-corrected chi connectivity index (χ0v) is 9.58. The molecule has 1 unspecified atom stereocenters. The lowest BCUT2D eigenvalue weighted by molar-refractivity contribution is 0.205. The SMILES string of the molecule is Cc1ccc(C)c(OCC(N)CO)c1C.